The third kappa shape index (κ3) is 11.6. The van der Waals surface area contributed by atoms with Crippen LogP contribution in [0.5, 0.6) is 5.75 Å². The third-order valence-corrected chi connectivity index (χ3v) is 4.78. The highest BCUT2D eigenvalue weighted by Crippen LogP contribution is 2.12. The van der Waals surface area contributed by atoms with Gasteiger partial charge < -0.3 is 49.1 Å². The normalized spacial score (nSPS) is 12.9. The van der Waals surface area contributed by atoms with Crippen molar-refractivity contribution in [3.63, 3.8) is 0 Å². The maximum Gasteiger partial charge on any atom is 0.326 e. The molecule has 0 bridgehead atoms. The molecule has 1 rings (SSSR count). The fraction of sp³-hybridized carbons (Fsp3) is 0.429. The van der Waals surface area contributed by atoms with E-state index in [1.807, 2.05) is 0 Å². The maximum absolute atomic E-state index is 12.8. The zero-order valence-electron chi connectivity index (χ0n) is 19.5. The molecule has 13 N–H and O–H groups in total. The number of aliphatic imine (C=N–C) groups is 1. The molecule has 0 radical (unpaired) electrons. The summed E-state index contributed by atoms with van der Waals surface area (Å²) in [6.07, 6.45) is 0.0157. The van der Waals surface area contributed by atoms with E-state index in [2.05, 4.69) is 20.9 Å². The summed E-state index contributed by atoms with van der Waals surface area (Å²) in [6, 6.07) is 2.22. The number of primary amides is 1. The summed E-state index contributed by atoms with van der Waals surface area (Å²) in [5, 5.41) is 25.4. The van der Waals surface area contributed by atoms with Crippen molar-refractivity contribution >= 4 is 35.6 Å². The van der Waals surface area contributed by atoms with Gasteiger partial charge in [0.1, 0.15) is 17.8 Å². The molecule has 15 nitrogen and oxygen atoms in total. The van der Waals surface area contributed by atoms with Crippen LogP contribution in [0.3, 0.4) is 0 Å². The Kier molecular flexibility index (Phi) is 12.2. The lowest BCUT2D eigenvalue weighted by Crippen LogP contribution is -2.54. The van der Waals surface area contributed by atoms with E-state index in [4.69, 9.17) is 28.0 Å². The van der Waals surface area contributed by atoms with Gasteiger partial charge in [0, 0.05) is 13.0 Å². The van der Waals surface area contributed by atoms with E-state index < -0.39 is 60.7 Å². The Morgan fingerprint density at radius 2 is 1.58 bits per heavy atom. The second-order valence-electron chi connectivity index (χ2n) is 7.83. The SMILES string of the molecule is NC(=O)CC(NC(=O)CNC(=O)C(Cc1ccc(O)cc1)NC(=O)C(N)CCCN=C(N)N)C(=O)O. The molecule has 3 unspecified atom stereocenters. The number of nitrogens with two attached hydrogens (primary N) is 4. The van der Waals surface area contributed by atoms with Gasteiger partial charge in [0.05, 0.1) is 19.0 Å². The second kappa shape index (κ2) is 14.8. The molecule has 1 aromatic carbocycles. The van der Waals surface area contributed by atoms with Crippen molar-refractivity contribution < 1.29 is 34.2 Å². The lowest BCUT2D eigenvalue weighted by atomic mass is 10.0. The topological polar surface area (TPSA) is 278 Å². The fourth-order valence-electron chi connectivity index (χ4n) is 2.94. The number of carboxylic acid groups (broad SMARTS) is 1. The number of phenolic OH excluding ortho intramolecular Hbond substituents is 1. The van der Waals surface area contributed by atoms with Crippen LogP contribution in [0.1, 0.15) is 24.8 Å². The monoisotopic (exact) mass is 508 g/mol. The molecule has 198 valence electrons. The number of phenols is 1. The molecule has 1 aromatic rings. The summed E-state index contributed by atoms with van der Waals surface area (Å²) in [5.41, 5.74) is 21.9. The van der Waals surface area contributed by atoms with Crippen molar-refractivity contribution in [2.75, 3.05) is 13.1 Å². The highest BCUT2D eigenvalue weighted by Gasteiger charge is 2.26. The predicted octanol–water partition coefficient (Wildman–Crippen LogP) is -3.64. The van der Waals surface area contributed by atoms with E-state index in [0.29, 0.717) is 12.0 Å². The van der Waals surface area contributed by atoms with Gasteiger partial charge in [-0.05, 0) is 30.5 Å². The number of rotatable bonds is 15. The maximum atomic E-state index is 12.8. The number of nitrogens with one attached hydrogen (secondary N) is 3. The van der Waals surface area contributed by atoms with E-state index in [1.165, 1.54) is 12.1 Å². The Labute approximate surface area is 206 Å². The van der Waals surface area contributed by atoms with Crippen molar-refractivity contribution in [1.82, 2.24) is 16.0 Å². The number of hydrogen-bond donors (Lipinski definition) is 9. The average molecular weight is 509 g/mol. The molecule has 0 aromatic heterocycles. The highest BCUT2D eigenvalue weighted by molar-refractivity contribution is 5.93. The van der Waals surface area contributed by atoms with Crippen LogP contribution in [0.2, 0.25) is 0 Å². The molecule has 0 saturated carbocycles. The van der Waals surface area contributed by atoms with E-state index in [1.54, 1.807) is 12.1 Å². The Bertz CT molecular complexity index is 964. The van der Waals surface area contributed by atoms with Crippen molar-refractivity contribution in [3.8, 4) is 5.75 Å². The smallest absolute Gasteiger partial charge is 0.326 e. The summed E-state index contributed by atoms with van der Waals surface area (Å²) in [5.74, 6) is -4.75. The standard InChI is InChI=1S/C21H32N8O7/c22-13(2-1-7-26-21(24)25)18(33)29-14(8-11-3-5-12(30)6-4-11)19(34)27-10-17(32)28-15(20(35)36)9-16(23)31/h3-6,13-15,30H,1-2,7-10,22H2,(H2,23,31)(H,27,34)(H,28,32)(H,29,33)(H,35,36)(H4,24,25,26). The Morgan fingerprint density at radius 1 is 0.944 bits per heavy atom. The van der Waals surface area contributed by atoms with Gasteiger partial charge in [-0.2, -0.15) is 0 Å². The number of carboxylic acids is 1. The van der Waals surface area contributed by atoms with Crippen LogP contribution in [0.15, 0.2) is 29.3 Å². The van der Waals surface area contributed by atoms with Crippen LogP contribution in [0.25, 0.3) is 0 Å². The Balaban J connectivity index is 2.81. The van der Waals surface area contributed by atoms with Gasteiger partial charge in [-0.1, -0.05) is 12.1 Å². The first-order valence-corrected chi connectivity index (χ1v) is 10.9. The van der Waals surface area contributed by atoms with E-state index >= 15 is 0 Å². The largest absolute Gasteiger partial charge is 0.508 e. The summed E-state index contributed by atoms with van der Waals surface area (Å²) in [6.45, 7) is -0.364. The van der Waals surface area contributed by atoms with Gasteiger partial charge in [-0.3, -0.25) is 24.2 Å². The number of aliphatic carboxylic acids is 1. The molecule has 0 aliphatic rings. The minimum absolute atomic E-state index is 0.000378. The molecular weight excluding hydrogens is 476 g/mol. The van der Waals surface area contributed by atoms with Crippen molar-refractivity contribution in [1.29, 1.82) is 0 Å². The van der Waals surface area contributed by atoms with Crippen molar-refractivity contribution in [2.45, 2.75) is 43.8 Å². The van der Waals surface area contributed by atoms with Crippen molar-refractivity contribution in [2.24, 2.45) is 27.9 Å². The van der Waals surface area contributed by atoms with Gasteiger partial charge >= 0.3 is 5.97 Å². The first-order valence-electron chi connectivity index (χ1n) is 10.9. The van der Waals surface area contributed by atoms with Crippen LogP contribution < -0.4 is 38.9 Å². The van der Waals surface area contributed by atoms with Crippen LogP contribution in [0, 0.1) is 0 Å². The number of benzene rings is 1. The van der Waals surface area contributed by atoms with Gasteiger partial charge in [0.15, 0.2) is 5.96 Å². The van der Waals surface area contributed by atoms with E-state index in [0.717, 1.165) is 0 Å². The fourth-order valence-corrected chi connectivity index (χ4v) is 2.94. The Morgan fingerprint density at radius 3 is 2.14 bits per heavy atom. The molecule has 0 spiro atoms. The lowest BCUT2D eigenvalue weighted by molar-refractivity contribution is -0.143. The predicted molar refractivity (Wildman–Crippen MR) is 128 cm³/mol. The molecule has 4 amide bonds. The summed E-state index contributed by atoms with van der Waals surface area (Å²) < 4.78 is 0. The number of amides is 4. The molecule has 3 atom stereocenters. The van der Waals surface area contributed by atoms with Gasteiger partial charge in [-0.15, -0.1) is 0 Å². The molecule has 0 aliphatic carbocycles. The number of nitrogens with zero attached hydrogens (tertiary/aromatic N) is 1. The molecule has 15 heteroatoms. The Hall–Kier alpha value is -4.40. The third-order valence-electron chi connectivity index (χ3n) is 4.78. The summed E-state index contributed by atoms with van der Waals surface area (Å²) in [7, 11) is 0. The quantitative estimate of drug-likeness (QED) is 0.0636. The van der Waals surface area contributed by atoms with Crippen molar-refractivity contribution in [3.05, 3.63) is 29.8 Å². The molecule has 0 heterocycles. The molecule has 36 heavy (non-hydrogen) atoms. The highest BCUT2D eigenvalue weighted by atomic mass is 16.4. The van der Waals surface area contributed by atoms with E-state index in [-0.39, 0.29) is 31.1 Å². The number of aromatic hydroxyl groups is 1. The molecule has 0 saturated heterocycles. The minimum Gasteiger partial charge on any atom is -0.508 e. The molecular formula is C21H32N8O7. The average Bonchev–Trinajstić information content (AvgIpc) is 2.80. The van der Waals surface area contributed by atoms with Crippen LogP contribution >= 0.6 is 0 Å². The number of hydrogen-bond acceptors (Lipinski definition) is 8. The number of carbonyl (C=O) groups is 5. The first-order chi connectivity index (χ1) is 16.9. The lowest BCUT2D eigenvalue weighted by Gasteiger charge is -2.21. The first kappa shape index (κ1) is 29.6. The van der Waals surface area contributed by atoms with Crippen LogP contribution in [0.4, 0.5) is 0 Å². The minimum atomic E-state index is -1.56. The summed E-state index contributed by atoms with van der Waals surface area (Å²) >= 11 is 0. The van der Waals surface area contributed by atoms with Crippen LogP contribution in [-0.4, -0.2) is 77.0 Å². The zero-order chi connectivity index (χ0) is 27.3. The van der Waals surface area contributed by atoms with Gasteiger partial charge in [-0.25, -0.2) is 4.79 Å². The number of guanidine groups is 1. The number of carbonyl (C=O) groups excluding carboxylic acids is 4. The van der Waals surface area contributed by atoms with Crippen LogP contribution in [-0.2, 0) is 30.4 Å². The zero-order valence-corrected chi connectivity index (χ0v) is 19.5. The molecule has 0 fully saturated rings. The van der Waals surface area contributed by atoms with E-state index in [9.17, 15) is 29.1 Å². The second-order valence-corrected chi connectivity index (χ2v) is 7.83. The molecule has 0 aliphatic heterocycles. The summed E-state index contributed by atoms with van der Waals surface area (Å²) in [4.78, 5) is 63.3. The van der Waals surface area contributed by atoms with Gasteiger partial charge in [0.2, 0.25) is 23.6 Å². The van der Waals surface area contributed by atoms with Gasteiger partial charge in [0.25, 0.3) is 0 Å².